The van der Waals surface area contributed by atoms with Crippen LogP contribution in [0.15, 0.2) is 30.4 Å². The highest BCUT2D eigenvalue weighted by Gasteiger charge is 2.04. The van der Waals surface area contributed by atoms with Crippen LogP contribution in [-0.4, -0.2) is 18.8 Å². The molecular weight excluding hydrogens is 204 g/mol. The van der Waals surface area contributed by atoms with Crippen LogP contribution in [0.2, 0.25) is 0 Å². The number of ether oxygens (including phenoxy) is 2. The fourth-order valence-electron chi connectivity index (χ4n) is 1.26. The monoisotopic (exact) mass is 222 g/mol. The van der Waals surface area contributed by atoms with Gasteiger partial charge in [-0.15, -0.1) is 6.58 Å². The van der Waals surface area contributed by atoms with Gasteiger partial charge in [0.1, 0.15) is 11.5 Å². The van der Waals surface area contributed by atoms with Crippen molar-refractivity contribution >= 4 is 0 Å². The van der Waals surface area contributed by atoms with E-state index in [1.54, 1.807) is 25.3 Å². The molecule has 0 atom stereocenters. The van der Waals surface area contributed by atoms with Crippen molar-refractivity contribution in [2.75, 3.05) is 13.7 Å². The van der Waals surface area contributed by atoms with Crippen LogP contribution in [0.5, 0.6) is 11.5 Å². The van der Waals surface area contributed by atoms with Crippen LogP contribution in [0.25, 0.3) is 0 Å². The number of aliphatic hydroxyl groups is 1. The molecular formula is C13H18O3. The third-order valence-electron chi connectivity index (χ3n) is 2.23. The Morgan fingerprint density at radius 2 is 2.19 bits per heavy atom. The fourth-order valence-corrected chi connectivity index (χ4v) is 1.26. The van der Waals surface area contributed by atoms with E-state index >= 15 is 0 Å². The van der Waals surface area contributed by atoms with Crippen LogP contribution < -0.4 is 9.47 Å². The van der Waals surface area contributed by atoms with Crippen LogP contribution in [-0.2, 0) is 6.61 Å². The summed E-state index contributed by atoms with van der Waals surface area (Å²) in [6.07, 6.45) is 0.808. The Bertz CT molecular complexity index is 358. The first-order valence-corrected chi connectivity index (χ1v) is 5.22. The molecule has 0 bridgehead atoms. The molecule has 0 spiro atoms. The molecule has 0 aliphatic carbocycles. The molecule has 3 heteroatoms. The van der Waals surface area contributed by atoms with Gasteiger partial charge in [0, 0.05) is 18.1 Å². The highest BCUT2D eigenvalue weighted by molar-refractivity contribution is 5.40. The van der Waals surface area contributed by atoms with Gasteiger partial charge >= 0.3 is 0 Å². The van der Waals surface area contributed by atoms with Crippen molar-refractivity contribution in [2.24, 2.45) is 0 Å². The van der Waals surface area contributed by atoms with Gasteiger partial charge in [0.15, 0.2) is 0 Å². The molecule has 0 saturated carbocycles. The molecule has 1 N–H and O–H groups in total. The van der Waals surface area contributed by atoms with Gasteiger partial charge in [-0.3, -0.25) is 0 Å². The molecule has 16 heavy (non-hydrogen) atoms. The lowest BCUT2D eigenvalue weighted by molar-refractivity contribution is 0.263. The summed E-state index contributed by atoms with van der Waals surface area (Å²) in [5, 5.41) is 9.15. The second-order valence-corrected chi connectivity index (χ2v) is 3.69. The molecule has 0 heterocycles. The van der Waals surface area contributed by atoms with Crippen LogP contribution in [0.3, 0.4) is 0 Å². The quantitative estimate of drug-likeness (QED) is 0.752. The fraction of sp³-hybridized carbons (Fsp3) is 0.385. The van der Waals surface area contributed by atoms with Crippen molar-refractivity contribution in [2.45, 2.75) is 20.0 Å². The molecule has 0 amide bonds. The second kappa shape index (κ2) is 6.18. The van der Waals surface area contributed by atoms with Gasteiger partial charge in [-0.25, -0.2) is 0 Å². The Balaban J connectivity index is 2.71. The highest BCUT2D eigenvalue weighted by atomic mass is 16.5. The number of hydrogen-bond donors (Lipinski definition) is 1. The summed E-state index contributed by atoms with van der Waals surface area (Å²) in [6.45, 7) is 6.30. The molecule has 1 aromatic rings. The van der Waals surface area contributed by atoms with Gasteiger partial charge in [0.2, 0.25) is 0 Å². The average molecular weight is 222 g/mol. The van der Waals surface area contributed by atoms with Crippen molar-refractivity contribution in [1.29, 1.82) is 0 Å². The Morgan fingerprint density at radius 1 is 1.44 bits per heavy atom. The van der Waals surface area contributed by atoms with Gasteiger partial charge in [-0.1, -0.05) is 5.57 Å². The molecule has 0 saturated heterocycles. The van der Waals surface area contributed by atoms with Crippen LogP contribution in [0, 0.1) is 0 Å². The van der Waals surface area contributed by atoms with E-state index in [0.29, 0.717) is 12.4 Å². The molecule has 3 nitrogen and oxygen atoms in total. The summed E-state index contributed by atoms with van der Waals surface area (Å²) in [7, 11) is 1.60. The summed E-state index contributed by atoms with van der Waals surface area (Å²) in [6, 6.07) is 5.38. The van der Waals surface area contributed by atoms with Gasteiger partial charge < -0.3 is 14.6 Å². The predicted molar refractivity (Wildman–Crippen MR) is 63.8 cm³/mol. The molecule has 0 unspecified atom stereocenters. The summed E-state index contributed by atoms with van der Waals surface area (Å²) < 4.78 is 10.7. The molecule has 1 rings (SSSR count). The van der Waals surface area contributed by atoms with Crippen LogP contribution >= 0.6 is 0 Å². The van der Waals surface area contributed by atoms with E-state index in [0.717, 1.165) is 23.3 Å². The lowest BCUT2D eigenvalue weighted by Gasteiger charge is -2.11. The van der Waals surface area contributed by atoms with Gasteiger partial charge in [0.05, 0.1) is 20.3 Å². The summed E-state index contributed by atoms with van der Waals surface area (Å²) in [5.74, 6) is 1.39. The first kappa shape index (κ1) is 12.6. The number of hydrogen-bond acceptors (Lipinski definition) is 3. The first-order chi connectivity index (χ1) is 7.67. The van der Waals surface area contributed by atoms with Crippen molar-refractivity contribution in [3.63, 3.8) is 0 Å². The van der Waals surface area contributed by atoms with Gasteiger partial charge in [-0.2, -0.15) is 0 Å². The Kier molecular flexibility index (Phi) is 4.86. The Morgan fingerprint density at radius 3 is 2.75 bits per heavy atom. The highest BCUT2D eigenvalue weighted by Crippen LogP contribution is 2.25. The number of methoxy groups -OCH3 is 1. The van der Waals surface area contributed by atoms with Crippen molar-refractivity contribution in [3.8, 4) is 11.5 Å². The van der Waals surface area contributed by atoms with E-state index in [9.17, 15) is 0 Å². The third-order valence-corrected chi connectivity index (χ3v) is 2.23. The molecule has 0 aliphatic rings. The SMILES string of the molecule is C=C(C)CCOc1cc(OC)ccc1CO. The predicted octanol–water partition coefficient (Wildman–Crippen LogP) is 2.53. The second-order valence-electron chi connectivity index (χ2n) is 3.69. The molecule has 0 aliphatic heterocycles. The van der Waals surface area contributed by atoms with Gasteiger partial charge in [0.25, 0.3) is 0 Å². The maximum Gasteiger partial charge on any atom is 0.128 e. The number of aliphatic hydroxyl groups excluding tert-OH is 1. The minimum Gasteiger partial charge on any atom is -0.497 e. The van der Waals surface area contributed by atoms with E-state index in [2.05, 4.69) is 6.58 Å². The summed E-state index contributed by atoms with van der Waals surface area (Å²) >= 11 is 0. The Hall–Kier alpha value is -1.48. The van der Waals surface area contributed by atoms with Crippen molar-refractivity contribution < 1.29 is 14.6 Å². The smallest absolute Gasteiger partial charge is 0.128 e. The van der Waals surface area contributed by atoms with E-state index < -0.39 is 0 Å². The number of rotatable bonds is 6. The molecule has 88 valence electrons. The zero-order valence-electron chi connectivity index (χ0n) is 9.82. The molecule has 0 radical (unpaired) electrons. The van der Waals surface area contributed by atoms with Crippen molar-refractivity contribution in [3.05, 3.63) is 35.9 Å². The van der Waals surface area contributed by atoms with Gasteiger partial charge in [-0.05, 0) is 19.1 Å². The lowest BCUT2D eigenvalue weighted by atomic mass is 10.2. The minimum atomic E-state index is -0.0353. The largest absolute Gasteiger partial charge is 0.497 e. The average Bonchev–Trinajstić information content (AvgIpc) is 2.28. The van der Waals surface area contributed by atoms with E-state index in [4.69, 9.17) is 14.6 Å². The lowest BCUT2D eigenvalue weighted by Crippen LogP contribution is -2.01. The molecule has 0 aromatic heterocycles. The van der Waals surface area contributed by atoms with Crippen LogP contribution in [0.4, 0.5) is 0 Å². The minimum absolute atomic E-state index is 0.0353. The Labute approximate surface area is 96.3 Å². The maximum absolute atomic E-state index is 9.15. The maximum atomic E-state index is 9.15. The van der Waals surface area contributed by atoms with E-state index in [1.807, 2.05) is 6.92 Å². The molecule has 0 fully saturated rings. The zero-order chi connectivity index (χ0) is 12.0. The van der Waals surface area contributed by atoms with Crippen LogP contribution in [0.1, 0.15) is 18.9 Å². The summed E-state index contributed by atoms with van der Waals surface area (Å²) in [5.41, 5.74) is 1.84. The number of benzene rings is 1. The standard InChI is InChI=1S/C13H18O3/c1-10(2)6-7-16-13-8-12(15-3)5-4-11(13)9-14/h4-5,8,14H,1,6-7,9H2,2-3H3. The summed E-state index contributed by atoms with van der Waals surface area (Å²) in [4.78, 5) is 0. The van der Waals surface area contributed by atoms with E-state index in [-0.39, 0.29) is 6.61 Å². The first-order valence-electron chi connectivity index (χ1n) is 5.22. The van der Waals surface area contributed by atoms with Crippen molar-refractivity contribution in [1.82, 2.24) is 0 Å². The topological polar surface area (TPSA) is 38.7 Å². The molecule has 1 aromatic carbocycles. The third kappa shape index (κ3) is 3.59. The zero-order valence-corrected chi connectivity index (χ0v) is 9.82. The normalized spacial score (nSPS) is 9.94. The van der Waals surface area contributed by atoms with E-state index in [1.165, 1.54) is 0 Å².